The Kier molecular flexibility index (Phi) is 4.59. The Morgan fingerprint density at radius 3 is 2.69 bits per heavy atom. The van der Waals surface area contributed by atoms with Gasteiger partial charge in [-0.2, -0.15) is 0 Å². The second-order valence-corrected chi connectivity index (χ2v) is 4.92. The summed E-state index contributed by atoms with van der Waals surface area (Å²) in [5, 5.41) is 15.3. The molecule has 0 aromatic rings. The maximum atomic E-state index is 11.7. The minimum atomic E-state index is -0.359. The van der Waals surface area contributed by atoms with E-state index in [4.69, 9.17) is 0 Å². The van der Waals surface area contributed by atoms with Crippen LogP contribution in [0, 0.1) is 5.41 Å². The highest BCUT2D eigenvalue weighted by Crippen LogP contribution is 2.47. The number of rotatable bonds is 4. The number of aliphatic hydroxyl groups is 1. The average Bonchev–Trinajstić information content (AvgIpc) is 2.90. The number of hydrogen-bond donors (Lipinski definition) is 3. The van der Waals surface area contributed by atoms with E-state index in [2.05, 4.69) is 17.6 Å². The van der Waals surface area contributed by atoms with Gasteiger partial charge in [0, 0.05) is 13.1 Å². The van der Waals surface area contributed by atoms with Gasteiger partial charge in [0.15, 0.2) is 0 Å². The third-order valence-corrected chi connectivity index (χ3v) is 3.77. The maximum absolute atomic E-state index is 11.7. The molecule has 0 unspecified atom stereocenters. The number of β-amino-alcohol motifs (C(OH)–C–C–N with tert-alkyl or cyclic N) is 1. The number of carbonyl (C=O) groups is 1. The molecule has 1 amide bonds. The van der Waals surface area contributed by atoms with Crippen molar-refractivity contribution in [1.29, 1.82) is 0 Å². The molecule has 5 heteroatoms. The van der Waals surface area contributed by atoms with Gasteiger partial charge in [-0.3, -0.25) is 4.79 Å². The standard InChI is InChI=1S/C11H20N2O2.ClH/c1-2-11(3-4-11)7-13-10(15)9-5-8(14)6-12-9;/h8-9,12,14H,2-7H2,1H3,(H,13,15);1H/t8-,9-;/m1./s1. The third kappa shape index (κ3) is 3.09. The first-order chi connectivity index (χ1) is 7.15. The average molecular weight is 249 g/mol. The zero-order valence-corrected chi connectivity index (χ0v) is 10.5. The highest BCUT2D eigenvalue weighted by atomic mass is 35.5. The van der Waals surface area contributed by atoms with Gasteiger partial charge < -0.3 is 15.7 Å². The Morgan fingerprint density at radius 1 is 1.56 bits per heavy atom. The van der Waals surface area contributed by atoms with Gasteiger partial charge in [-0.25, -0.2) is 0 Å². The molecule has 0 bridgehead atoms. The summed E-state index contributed by atoms with van der Waals surface area (Å²) in [5.41, 5.74) is 0.396. The SMILES string of the molecule is CCC1(CNC(=O)[C@H]2C[C@@H](O)CN2)CC1.Cl. The minimum Gasteiger partial charge on any atom is -0.392 e. The summed E-state index contributed by atoms with van der Waals surface area (Å²) in [5.74, 6) is 0.0475. The Hall–Kier alpha value is -0.320. The number of hydrogen-bond acceptors (Lipinski definition) is 3. The predicted molar refractivity (Wildman–Crippen MR) is 64.6 cm³/mol. The highest BCUT2D eigenvalue weighted by molar-refractivity contribution is 5.85. The van der Waals surface area contributed by atoms with E-state index in [-0.39, 0.29) is 30.5 Å². The quantitative estimate of drug-likeness (QED) is 0.677. The van der Waals surface area contributed by atoms with Crippen LogP contribution in [-0.2, 0) is 4.79 Å². The first kappa shape index (κ1) is 13.7. The van der Waals surface area contributed by atoms with Crippen LogP contribution in [0.1, 0.15) is 32.6 Å². The first-order valence-electron chi connectivity index (χ1n) is 5.84. The van der Waals surface area contributed by atoms with Crippen molar-refractivity contribution >= 4 is 18.3 Å². The van der Waals surface area contributed by atoms with Gasteiger partial charge in [0.2, 0.25) is 5.91 Å². The van der Waals surface area contributed by atoms with E-state index in [9.17, 15) is 9.90 Å². The molecule has 2 rings (SSSR count). The van der Waals surface area contributed by atoms with Crippen molar-refractivity contribution in [3.8, 4) is 0 Å². The molecule has 1 saturated heterocycles. The summed E-state index contributed by atoms with van der Waals surface area (Å²) in [6.07, 6.45) is 3.82. The molecule has 94 valence electrons. The van der Waals surface area contributed by atoms with Gasteiger partial charge in [0.1, 0.15) is 0 Å². The molecule has 1 aliphatic carbocycles. The van der Waals surface area contributed by atoms with E-state index in [0.29, 0.717) is 18.4 Å². The fourth-order valence-corrected chi connectivity index (χ4v) is 2.15. The number of amides is 1. The zero-order chi connectivity index (χ0) is 10.9. The Bertz CT molecular complexity index is 256. The predicted octanol–water partition coefficient (Wildman–Crippen LogP) is 0.437. The summed E-state index contributed by atoms with van der Waals surface area (Å²) in [7, 11) is 0. The maximum Gasteiger partial charge on any atom is 0.237 e. The van der Waals surface area contributed by atoms with Crippen molar-refractivity contribution in [3.63, 3.8) is 0 Å². The lowest BCUT2D eigenvalue weighted by Crippen LogP contribution is -2.42. The van der Waals surface area contributed by atoms with Crippen LogP contribution in [0.4, 0.5) is 0 Å². The molecule has 2 atom stereocenters. The number of carbonyl (C=O) groups excluding carboxylic acids is 1. The fraction of sp³-hybridized carbons (Fsp3) is 0.909. The summed E-state index contributed by atoms with van der Waals surface area (Å²) >= 11 is 0. The van der Waals surface area contributed by atoms with E-state index in [1.807, 2.05) is 0 Å². The molecular weight excluding hydrogens is 228 g/mol. The molecule has 0 aromatic carbocycles. The molecule has 3 N–H and O–H groups in total. The Labute approximate surface area is 103 Å². The molecule has 4 nitrogen and oxygen atoms in total. The fourth-order valence-electron chi connectivity index (χ4n) is 2.15. The van der Waals surface area contributed by atoms with Gasteiger partial charge in [-0.15, -0.1) is 12.4 Å². The third-order valence-electron chi connectivity index (χ3n) is 3.77. The molecule has 1 aliphatic heterocycles. The van der Waals surface area contributed by atoms with Crippen LogP contribution < -0.4 is 10.6 Å². The van der Waals surface area contributed by atoms with Crippen molar-refractivity contribution in [1.82, 2.24) is 10.6 Å². The summed E-state index contributed by atoms with van der Waals surface area (Å²) < 4.78 is 0. The Balaban J connectivity index is 0.00000128. The molecule has 2 fully saturated rings. The molecule has 16 heavy (non-hydrogen) atoms. The molecule has 1 saturated carbocycles. The summed E-state index contributed by atoms with van der Waals surface area (Å²) in [4.78, 5) is 11.7. The van der Waals surface area contributed by atoms with Gasteiger partial charge in [0.25, 0.3) is 0 Å². The van der Waals surface area contributed by atoms with Gasteiger partial charge in [-0.1, -0.05) is 6.92 Å². The first-order valence-corrected chi connectivity index (χ1v) is 5.84. The van der Waals surface area contributed by atoms with Gasteiger partial charge in [-0.05, 0) is 31.1 Å². The van der Waals surface area contributed by atoms with Crippen LogP contribution >= 0.6 is 12.4 Å². The number of halogens is 1. The van der Waals surface area contributed by atoms with Crippen molar-refractivity contribution in [2.75, 3.05) is 13.1 Å². The second kappa shape index (κ2) is 5.34. The lowest BCUT2D eigenvalue weighted by molar-refractivity contribution is -0.123. The van der Waals surface area contributed by atoms with Gasteiger partial charge in [0.05, 0.1) is 12.1 Å². The van der Waals surface area contributed by atoms with Crippen LogP contribution in [0.5, 0.6) is 0 Å². The minimum absolute atomic E-state index is 0. The smallest absolute Gasteiger partial charge is 0.237 e. The summed E-state index contributed by atoms with van der Waals surface area (Å²) in [6.45, 7) is 3.52. The van der Waals surface area contributed by atoms with Crippen LogP contribution in [0.2, 0.25) is 0 Å². The van der Waals surface area contributed by atoms with E-state index < -0.39 is 0 Å². The molecule has 2 aliphatic rings. The van der Waals surface area contributed by atoms with E-state index >= 15 is 0 Å². The van der Waals surface area contributed by atoms with Crippen LogP contribution in [0.25, 0.3) is 0 Å². The van der Waals surface area contributed by atoms with Crippen LogP contribution in [0.15, 0.2) is 0 Å². The zero-order valence-electron chi connectivity index (χ0n) is 9.66. The van der Waals surface area contributed by atoms with Crippen molar-refractivity contribution in [2.24, 2.45) is 5.41 Å². The monoisotopic (exact) mass is 248 g/mol. The molecule has 1 heterocycles. The molecule has 0 spiro atoms. The van der Waals surface area contributed by atoms with E-state index in [0.717, 1.165) is 13.0 Å². The van der Waals surface area contributed by atoms with E-state index in [1.165, 1.54) is 12.8 Å². The molecule has 0 aromatic heterocycles. The van der Waals surface area contributed by atoms with Crippen molar-refractivity contribution in [3.05, 3.63) is 0 Å². The van der Waals surface area contributed by atoms with E-state index in [1.54, 1.807) is 0 Å². The second-order valence-electron chi connectivity index (χ2n) is 4.92. The number of aliphatic hydroxyl groups excluding tert-OH is 1. The highest BCUT2D eigenvalue weighted by Gasteiger charge is 2.41. The van der Waals surface area contributed by atoms with Crippen LogP contribution in [0.3, 0.4) is 0 Å². The normalized spacial score (nSPS) is 30.6. The van der Waals surface area contributed by atoms with Crippen molar-refractivity contribution < 1.29 is 9.90 Å². The van der Waals surface area contributed by atoms with Crippen molar-refractivity contribution in [2.45, 2.75) is 44.8 Å². The lowest BCUT2D eigenvalue weighted by atomic mass is 10.0. The lowest BCUT2D eigenvalue weighted by Gasteiger charge is -2.16. The topological polar surface area (TPSA) is 61.4 Å². The Morgan fingerprint density at radius 2 is 2.25 bits per heavy atom. The molecule has 0 radical (unpaired) electrons. The largest absolute Gasteiger partial charge is 0.392 e. The molecular formula is C11H21ClN2O2. The van der Waals surface area contributed by atoms with Crippen LogP contribution in [-0.4, -0.2) is 36.2 Å². The van der Waals surface area contributed by atoms with Gasteiger partial charge >= 0.3 is 0 Å². The number of nitrogens with one attached hydrogen (secondary N) is 2. The summed E-state index contributed by atoms with van der Waals surface area (Å²) in [6, 6.07) is -0.187.